The van der Waals surface area contributed by atoms with Gasteiger partial charge < -0.3 is 0 Å². The van der Waals surface area contributed by atoms with E-state index >= 15 is 0 Å². The van der Waals surface area contributed by atoms with Crippen LogP contribution in [0.25, 0.3) is 0 Å². The minimum atomic E-state index is -0.424. The van der Waals surface area contributed by atoms with Gasteiger partial charge in [-0.05, 0) is 31.5 Å². The maximum atomic E-state index is 13.7. The Bertz CT molecular complexity index is 589. The zero-order valence-electron chi connectivity index (χ0n) is 11.8. The van der Waals surface area contributed by atoms with Crippen molar-refractivity contribution in [2.75, 3.05) is 5.75 Å². The van der Waals surface area contributed by atoms with Crippen molar-refractivity contribution in [3.8, 4) is 0 Å². The fourth-order valence-electron chi connectivity index (χ4n) is 1.65. The Hall–Kier alpha value is -0.660. The Morgan fingerprint density at radius 3 is 2.76 bits per heavy atom. The number of nitrogens with zero attached hydrogens (tertiary/aromatic N) is 2. The Balaban J connectivity index is 1.99. The van der Waals surface area contributed by atoms with E-state index in [1.807, 2.05) is 6.92 Å². The molecular formula is C14H16F2N2S3. The summed E-state index contributed by atoms with van der Waals surface area (Å²) in [7, 11) is 0. The average Bonchev–Trinajstić information content (AvgIpc) is 2.89. The Kier molecular flexibility index (Phi) is 6.44. The first-order valence-electron chi connectivity index (χ1n) is 6.68. The maximum Gasteiger partial charge on any atom is 0.175 e. The molecule has 2 aromatic rings. The van der Waals surface area contributed by atoms with E-state index in [9.17, 15) is 8.78 Å². The van der Waals surface area contributed by atoms with Crippen molar-refractivity contribution >= 4 is 34.9 Å². The summed E-state index contributed by atoms with van der Waals surface area (Å²) >= 11 is 4.60. The number of thioether (sulfide) groups is 2. The molecule has 2 nitrogen and oxygen atoms in total. The molecule has 0 aliphatic rings. The molecule has 1 atom stereocenters. The van der Waals surface area contributed by atoms with Crippen molar-refractivity contribution in [3.05, 3.63) is 35.4 Å². The molecule has 0 aliphatic heterocycles. The first kappa shape index (κ1) is 16.7. The van der Waals surface area contributed by atoms with Crippen molar-refractivity contribution in [2.45, 2.75) is 40.6 Å². The minimum Gasteiger partial charge on any atom is -0.207 e. The van der Waals surface area contributed by atoms with Crippen LogP contribution < -0.4 is 0 Å². The first-order valence-corrected chi connectivity index (χ1v) is 9.36. The van der Waals surface area contributed by atoms with Gasteiger partial charge in [0.2, 0.25) is 0 Å². The van der Waals surface area contributed by atoms with Gasteiger partial charge in [0.15, 0.2) is 8.68 Å². The van der Waals surface area contributed by atoms with Crippen molar-refractivity contribution in [1.82, 2.24) is 10.2 Å². The predicted molar refractivity (Wildman–Crippen MR) is 86.2 cm³/mol. The standard InChI is InChI=1S/C14H16F2N2S3/c1-3-4-7-19-13-17-18-14(21-13)20-9(2)11-8-10(15)5-6-12(11)16/h5-6,8-9H,3-4,7H2,1-2H3. The second-order valence-electron chi connectivity index (χ2n) is 4.46. The monoisotopic (exact) mass is 346 g/mol. The third-order valence-electron chi connectivity index (χ3n) is 2.78. The number of halogens is 2. The number of hydrogen-bond donors (Lipinski definition) is 0. The van der Waals surface area contributed by atoms with E-state index < -0.39 is 11.6 Å². The highest BCUT2D eigenvalue weighted by Gasteiger charge is 2.16. The van der Waals surface area contributed by atoms with Gasteiger partial charge in [0.1, 0.15) is 11.6 Å². The van der Waals surface area contributed by atoms with Gasteiger partial charge in [-0.15, -0.1) is 10.2 Å². The predicted octanol–water partition coefficient (Wildman–Crippen LogP) is 5.56. The molecule has 0 aliphatic carbocycles. The second kappa shape index (κ2) is 8.10. The van der Waals surface area contributed by atoms with Gasteiger partial charge in [-0.2, -0.15) is 0 Å². The zero-order valence-corrected chi connectivity index (χ0v) is 14.3. The molecule has 7 heteroatoms. The van der Waals surface area contributed by atoms with E-state index in [-0.39, 0.29) is 5.25 Å². The molecule has 114 valence electrons. The van der Waals surface area contributed by atoms with Gasteiger partial charge in [-0.3, -0.25) is 0 Å². The fraction of sp³-hybridized carbons (Fsp3) is 0.429. The van der Waals surface area contributed by atoms with Crippen LogP contribution in [0.3, 0.4) is 0 Å². The van der Waals surface area contributed by atoms with E-state index in [0.717, 1.165) is 39.4 Å². The van der Waals surface area contributed by atoms with Crippen molar-refractivity contribution in [1.29, 1.82) is 0 Å². The van der Waals surface area contributed by atoms with E-state index in [1.54, 1.807) is 11.8 Å². The lowest BCUT2D eigenvalue weighted by Gasteiger charge is -2.10. The highest BCUT2D eigenvalue weighted by Crippen LogP contribution is 2.39. The summed E-state index contributed by atoms with van der Waals surface area (Å²) in [6.07, 6.45) is 2.31. The molecule has 1 heterocycles. The van der Waals surface area contributed by atoms with Crippen molar-refractivity contribution in [3.63, 3.8) is 0 Å². The second-order valence-corrected chi connectivity index (χ2v) is 8.37. The number of unbranched alkanes of at least 4 members (excludes halogenated alkanes) is 1. The summed E-state index contributed by atoms with van der Waals surface area (Å²) in [4.78, 5) is 0. The maximum absolute atomic E-state index is 13.7. The molecule has 0 N–H and O–H groups in total. The third kappa shape index (κ3) is 4.93. The molecular weight excluding hydrogens is 330 g/mol. The number of benzene rings is 1. The van der Waals surface area contributed by atoms with Crippen LogP contribution >= 0.6 is 34.9 Å². The van der Waals surface area contributed by atoms with Gasteiger partial charge in [0.25, 0.3) is 0 Å². The average molecular weight is 346 g/mol. The lowest BCUT2D eigenvalue weighted by molar-refractivity contribution is 0.586. The van der Waals surface area contributed by atoms with Gasteiger partial charge in [0, 0.05) is 16.6 Å². The molecule has 0 fully saturated rings. The first-order chi connectivity index (χ1) is 10.1. The highest BCUT2D eigenvalue weighted by molar-refractivity contribution is 8.03. The van der Waals surface area contributed by atoms with Crippen LogP contribution in [0, 0.1) is 11.6 Å². The van der Waals surface area contributed by atoms with Crippen LogP contribution in [0.1, 0.15) is 37.5 Å². The van der Waals surface area contributed by atoms with Crippen molar-refractivity contribution in [2.24, 2.45) is 0 Å². The molecule has 0 saturated carbocycles. The van der Waals surface area contributed by atoms with Gasteiger partial charge >= 0.3 is 0 Å². The summed E-state index contributed by atoms with van der Waals surface area (Å²) in [5, 5.41) is 8.02. The SMILES string of the molecule is CCCCSc1nnc(SC(C)c2cc(F)ccc2F)s1. The summed E-state index contributed by atoms with van der Waals surface area (Å²) in [5.41, 5.74) is 0.357. The molecule has 0 spiro atoms. The molecule has 1 aromatic heterocycles. The summed E-state index contributed by atoms with van der Waals surface area (Å²) in [6, 6.07) is 3.53. The smallest absolute Gasteiger partial charge is 0.175 e. The number of aromatic nitrogens is 2. The highest BCUT2D eigenvalue weighted by atomic mass is 32.2. The Morgan fingerprint density at radius 2 is 2.00 bits per heavy atom. The van der Waals surface area contributed by atoms with E-state index in [2.05, 4.69) is 17.1 Å². The van der Waals surface area contributed by atoms with Gasteiger partial charge in [-0.25, -0.2) is 8.78 Å². The van der Waals surface area contributed by atoms with Crippen molar-refractivity contribution < 1.29 is 8.78 Å². The lowest BCUT2D eigenvalue weighted by Crippen LogP contribution is -1.94. The molecule has 0 radical (unpaired) electrons. The Morgan fingerprint density at radius 1 is 1.24 bits per heavy atom. The molecule has 21 heavy (non-hydrogen) atoms. The quantitative estimate of drug-likeness (QED) is 0.484. The molecule has 0 saturated heterocycles. The topological polar surface area (TPSA) is 25.8 Å². The van der Waals surface area contributed by atoms with Crippen LogP contribution in [0.2, 0.25) is 0 Å². The van der Waals surface area contributed by atoms with Crippen LogP contribution in [-0.4, -0.2) is 16.0 Å². The summed E-state index contributed by atoms with van der Waals surface area (Å²) in [6.45, 7) is 3.99. The van der Waals surface area contributed by atoms with E-state index in [4.69, 9.17) is 0 Å². The van der Waals surface area contributed by atoms with Crippen LogP contribution in [0.4, 0.5) is 8.78 Å². The Labute approximate surface area is 135 Å². The fourth-order valence-corrected chi connectivity index (χ4v) is 5.11. The van der Waals surface area contributed by atoms with Crippen LogP contribution in [-0.2, 0) is 0 Å². The van der Waals surface area contributed by atoms with Gasteiger partial charge in [-0.1, -0.05) is 48.2 Å². The lowest BCUT2D eigenvalue weighted by atomic mass is 10.1. The van der Waals surface area contributed by atoms with Crippen LogP contribution in [0.5, 0.6) is 0 Å². The van der Waals surface area contributed by atoms with Gasteiger partial charge in [0.05, 0.1) is 0 Å². The molecule has 0 amide bonds. The van der Waals surface area contributed by atoms with Crippen LogP contribution in [0.15, 0.2) is 26.9 Å². The van der Waals surface area contributed by atoms with E-state index in [0.29, 0.717) is 5.56 Å². The number of rotatable bonds is 7. The molecule has 0 bridgehead atoms. The third-order valence-corrected chi connectivity index (χ3v) is 6.15. The summed E-state index contributed by atoms with van der Waals surface area (Å²) in [5.74, 6) is 0.217. The molecule has 2 rings (SSSR count). The molecule has 1 aromatic carbocycles. The minimum absolute atomic E-state index is 0.206. The van der Waals surface area contributed by atoms with E-state index in [1.165, 1.54) is 29.2 Å². The largest absolute Gasteiger partial charge is 0.207 e. The summed E-state index contributed by atoms with van der Waals surface area (Å²) < 4.78 is 28.6. The number of hydrogen-bond acceptors (Lipinski definition) is 5. The molecule has 1 unspecified atom stereocenters. The zero-order chi connectivity index (χ0) is 15.2. The normalized spacial score (nSPS) is 12.6.